The molecule has 0 aromatic heterocycles. The molecule has 2 atom stereocenters. The van der Waals surface area contributed by atoms with Crippen LogP contribution in [0.4, 0.5) is 13.2 Å². The maximum absolute atomic E-state index is 11.8. The van der Waals surface area contributed by atoms with Gasteiger partial charge in [-0.15, -0.1) is 0 Å². The summed E-state index contributed by atoms with van der Waals surface area (Å²) >= 11 is 0. The summed E-state index contributed by atoms with van der Waals surface area (Å²) in [4.78, 5) is 10.7. The van der Waals surface area contributed by atoms with Gasteiger partial charge in [-0.1, -0.05) is 12.7 Å². The van der Waals surface area contributed by atoms with Gasteiger partial charge in [0.05, 0.1) is 0 Å². The fourth-order valence-electron chi connectivity index (χ4n) is 0.570. The van der Waals surface area contributed by atoms with Crippen molar-refractivity contribution >= 4 is 5.97 Å². The van der Waals surface area contributed by atoms with E-state index in [0.29, 0.717) is 0 Å². The van der Waals surface area contributed by atoms with E-state index in [9.17, 15) is 18.0 Å². The second-order valence-electron chi connectivity index (χ2n) is 2.43. The molecule has 0 spiro atoms. The molecule has 4 nitrogen and oxygen atoms in total. The van der Waals surface area contributed by atoms with Crippen LogP contribution in [-0.4, -0.2) is 36.0 Å². The van der Waals surface area contributed by atoms with Crippen molar-refractivity contribution in [2.75, 3.05) is 6.61 Å². The average Bonchev–Trinajstić information content (AvgIpc) is 2.10. The van der Waals surface area contributed by atoms with E-state index in [-0.39, 0.29) is 6.61 Å². The Kier molecular flexibility index (Phi) is 4.58. The van der Waals surface area contributed by atoms with Gasteiger partial charge in [-0.3, -0.25) is 4.79 Å². The van der Waals surface area contributed by atoms with E-state index in [1.165, 1.54) is 6.08 Å². The van der Waals surface area contributed by atoms with E-state index in [4.69, 9.17) is 10.8 Å². The second-order valence-corrected chi connectivity index (χ2v) is 2.43. The van der Waals surface area contributed by atoms with Gasteiger partial charge in [0.2, 0.25) is 0 Å². The first-order chi connectivity index (χ1) is 6.30. The van der Waals surface area contributed by atoms with E-state index in [0.717, 1.165) is 0 Å². The average molecular weight is 213 g/mol. The van der Waals surface area contributed by atoms with Crippen LogP contribution in [0, 0.1) is 0 Å². The molecule has 0 fully saturated rings. The van der Waals surface area contributed by atoms with Crippen molar-refractivity contribution in [3.63, 3.8) is 0 Å². The molecule has 0 saturated carbocycles. The maximum Gasteiger partial charge on any atom is 0.416 e. The second kappa shape index (κ2) is 4.97. The van der Waals surface area contributed by atoms with Gasteiger partial charge in [0.15, 0.2) is 6.10 Å². The normalized spacial score (nSPS) is 15.8. The molecule has 0 heterocycles. The van der Waals surface area contributed by atoms with Crippen LogP contribution in [0.2, 0.25) is 0 Å². The highest BCUT2D eigenvalue weighted by atomic mass is 19.4. The third kappa shape index (κ3) is 3.75. The van der Waals surface area contributed by atoms with Gasteiger partial charge in [-0.05, 0) is 0 Å². The van der Waals surface area contributed by atoms with Crippen LogP contribution in [0.5, 0.6) is 0 Å². The van der Waals surface area contributed by atoms with Gasteiger partial charge < -0.3 is 15.6 Å². The van der Waals surface area contributed by atoms with Crippen LogP contribution in [0.1, 0.15) is 0 Å². The molecular formula is C7H10F3NO3. The summed E-state index contributed by atoms with van der Waals surface area (Å²) in [6.45, 7) is 2.93. The maximum atomic E-state index is 11.8. The minimum absolute atomic E-state index is 0.253. The number of alkyl halides is 3. The lowest BCUT2D eigenvalue weighted by molar-refractivity contribution is -0.213. The first kappa shape index (κ1) is 12.9. The van der Waals surface area contributed by atoms with Gasteiger partial charge >= 0.3 is 12.1 Å². The Labute approximate surface area is 78.1 Å². The smallest absolute Gasteiger partial charge is 0.416 e. The van der Waals surface area contributed by atoms with Crippen molar-refractivity contribution in [1.29, 1.82) is 0 Å². The molecule has 2 unspecified atom stereocenters. The van der Waals surface area contributed by atoms with E-state index in [1.54, 1.807) is 0 Å². The molecule has 0 aliphatic rings. The molecule has 0 radical (unpaired) electrons. The Bertz CT molecular complexity index is 217. The molecule has 0 amide bonds. The lowest BCUT2D eigenvalue weighted by atomic mass is 10.2. The Hall–Kier alpha value is -1.08. The Morgan fingerprint density at radius 3 is 2.50 bits per heavy atom. The zero-order valence-electron chi connectivity index (χ0n) is 7.12. The summed E-state index contributed by atoms with van der Waals surface area (Å²) in [5.74, 6) is -1.32. The summed E-state index contributed by atoms with van der Waals surface area (Å²) in [6, 6.07) is -2.13. The number of esters is 1. The molecule has 0 aromatic carbocycles. The zero-order chi connectivity index (χ0) is 11.4. The van der Waals surface area contributed by atoms with Crippen molar-refractivity contribution in [3.05, 3.63) is 12.7 Å². The first-order valence-corrected chi connectivity index (χ1v) is 3.58. The number of halogens is 3. The molecular weight excluding hydrogens is 203 g/mol. The lowest BCUT2D eigenvalue weighted by Crippen LogP contribution is -2.50. The molecule has 82 valence electrons. The highest BCUT2D eigenvalue weighted by Crippen LogP contribution is 2.21. The molecule has 7 heteroatoms. The molecule has 0 rings (SSSR count). The van der Waals surface area contributed by atoms with Gasteiger partial charge in [-0.25, -0.2) is 0 Å². The summed E-state index contributed by atoms with van der Waals surface area (Å²) < 4.78 is 39.7. The SMILES string of the molecule is C=CCOC(=O)C(N)C(O)C(F)(F)F. The largest absolute Gasteiger partial charge is 0.460 e. The number of ether oxygens (including phenoxy) is 1. The molecule has 0 aliphatic carbocycles. The number of rotatable bonds is 4. The van der Waals surface area contributed by atoms with Crippen molar-refractivity contribution in [3.8, 4) is 0 Å². The van der Waals surface area contributed by atoms with Crippen molar-refractivity contribution in [1.82, 2.24) is 0 Å². The third-order valence-corrected chi connectivity index (χ3v) is 1.29. The van der Waals surface area contributed by atoms with E-state index in [2.05, 4.69) is 11.3 Å². The van der Waals surface area contributed by atoms with Gasteiger partial charge in [0.25, 0.3) is 0 Å². The van der Waals surface area contributed by atoms with E-state index >= 15 is 0 Å². The molecule has 3 N–H and O–H groups in total. The number of carbonyl (C=O) groups is 1. The van der Waals surface area contributed by atoms with Crippen LogP contribution < -0.4 is 5.73 Å². The fourth-order valence-corrected chi connectivity index (χ4v) is 0.570. The summed E-state index contributed by atoms with van der Waals surface area (Å²) in [6.07, 6.45) is -6.68. The quantitative estimate of drug-likeness (QED) is 0.508. The number of hydrogen-bond acceptors (Lipinski definition) is 4. The van der Waals surface area contributed by atoms with Crippen LogP contribution >= 0.6 is 0 Å². The molecule has 0 bridgehead atoms. The van der Waals surface area contributed by atoms with E-state index < -0.39 is 24.3 Å². The molecule has 14 heavy (non-hydrogen) atoms. The fraction of sp³-hybridized carbons (Fsp3) is 0.571. The predicted octanol–water partition coefficient (Wildman–Crippen LogP) is -0.0339. The van der Waals surface area contributed by atoms with Crippen LogP contribution in [-0.2, 0) is 9.53 Å². The molecule has 0 saturated heterocycles. The number of aliphatic hydroxyl groups excluding tert-OH is 1. The molecule has 0 aromatic rings. The number of hydrogen-bond donors (Lipinski definition) is 2. The topological polar surface area (TPSA) is 72.5 Å². The zero-order valence-corrected chi connectivity index (χ0v) is 7.12. The molecule has 0 aliphatic heterocycles. The Morgan fingerprint density at radius 1 is 1.64 bits per heavy atom. The van der Waals surface area contributed by atoms with Gasteiger partial charge in [0.1, 0.15) is 12.6 Å². The number of aliphatic hydroxyl groups is 1. The summed E-state index contributed by atoms with van der Waals surface area (Å²) in [5, 5.41) is 8.55. The minimum Gasteiger partial charge on any atom is -0.460 e. The van der Waals surface area contributed by atoms with Crippen molar-refractivity contribution < 1.29 is 27.8 Å². The van der Waals surface area contributed by atoms with Crippen molar-refractivity contribution in [2.45, 2.75) is 18.3 Å². The Balaban J connectivity index is 4.24. The Morgan fingerprint density at radius 2 is 2.14 bits per heavy atom. The highest BCUT2D eigenvalue weighted by molar-refractivity contribution is 5.76. The van der Waals surface area contributed by atoms with Crippen LogP contribution in [0.25, 0.3) is 0 Å². The standard InChI is InChI=1S/C7H10F3NO3/c1-2-3-14-6(13)4(11)5(12)7(8,9)10/h2,4-5,12H,1,3,11H2. The minimum atomic E-state index is -4.94. The van der Waals surface area contributed by atoms with Crippen LogP contribution in [0.15, 0.2) is 12.7 Å². The number of carbonyl (C=O) groups excluding carboxylic acids is 1. The summed E-state index contributed by atoms with van der Waals surface area (Å²) in [7, 11) is 0. The van der Waals surface area contributed by atoms with Gasteiger partial charge in [0, 0.05) is 0 Å². The van der Waals surface area contributed by atoms with Gasteiger partial charge in [-0.2, -0.15) is 13.2 Å². The third-order valence-electron chi connectivity index (χ3n) is 1.29. The number of nitrogens with two attached hydrogens (primary N) is 1. The predicted molar refractivity (Wildman–Crippen MR) is 41.2 cm³/mol. The van der Waals surface area contributed by atoms with Crippen LogP contribution in [0.3, 0.4) is 0 Å². The lowest BCUT2D eigenvalue weighted by Gasteiger charge is -2.19. The highest BCUT2D eigenvalue weighted by Gasteiger charge is 2.45. The van der Waals surface area contributed by atoms with Crippen molar-refractivity contribution in [2.24, 2.45) is 5.73 Å². The van der Waals surface area contributed by atoms with E-state index in [1.807, 2.05) is 0 Å². The monoisotopic (exact) mass is 213 g/mol. The summed E-state index contributed by atoms with van der Waals surface area (Å²) in [5.41, 5.74) is 4.81. The first-order valence-electron chi connectivity index (χ1n) is 3.58.